The molecule has 13 nitrogen and oxygen atoms in total. The number of carboxylic acid groups (broad SMARTS) is 1. The van der Waals surface area contributed by atoms with Crippen molar-refractivity contribution in [2.24, 2.45) is 11.8 Å². The molecule has 56 heavy (non-hydrogen) atoms. The van der Waals surface area contributed by atoms with Gasteiger partial charge in [-0.3, -0.25) is 14.4 Å². The van der Waals surface area contributed by atoms with E-state index in [-0.39, 0.29) is 34.8 Å². The number of rotatable bonds is 10. The van der Waals surface area contributed by atoms with Crippen LogP contribution in [0.1, 0.15) is 45.2 Å². The van der Waals surface area contributed by atoms with Gasteiger partial charge >= 0.3 is 5.97 Å². The molecule has 2 aromatic carbocycles. The average molecular weight is 865 g/mol. The highest BCUT2D eigenvalue weighted by Gasteiger charge is 2.28. The predicted octanol–water partition coefficient (Wildman–Crippen LogP) is 7.48. The number of hydrogen-bond donors (Lipinski definition) is 4. The first-order chi connectivity index (χ1) is 26.3. The Hall–Kier alpha value is -4.63. The van der Waals surface area contributed by atoms with E-state index in [0.717, 1.165) is 49.7 Å². The van der Waals surface area contributed by atoms with Gasteiger partial charge in [-0.25, -0.2) is 24.7 Å². The van der Waals surface area contributed by atoms with Crippen LogP contribution in [0, 0.1) is 11.8 Å². The molecule has 18 heteroatoms. The Balaban J connectivity index is 0.000000245. The third kappa shape index (κ3) is 14.5. The third-order valence-corrected chi connectivity index (χ3v) is 9.36. The number of aromatic nitrogens is 4. The molecule has 4 aromatic rings. The third-order valence-electron chi connectivity index (χ3n) is 8.34. The SMILES string of the molecule is C=CC(=O)Nc1ccc(C(=O)N2CC[C@@H](Cc3ncc(Cl)cn3)C2)cc1Cl.C=CC(=O)Nc1ccc(C(=O)O)cc1Cl.Cl.Clc1cnc(C[C@@H]2CCNC2)nc1. The number of carboxylic acids is 1. The number of carbonyl (C=O) groups is 4. The number of nitrogens with zero attached hydrogens (tertiary/aromatic N) is 5. The number of carbonyl (C=O) groups excluding carboxylic acids is 3. The molecule has 3 amide bonds. The monoisotopic (exact) mass is 862 g/mol. The van der Waals surface area contributed by atoms with Crippen LogP contribution in [0.25, 0.3) is 0 Å². The van der Waals surface area contributed by atoms with Gasteiger partial charge in [0, 0.05) is 56.3 Å². The number of likely N-dealkylation sites (tertiary alicyclic amines) is 1. The summed E-state index contributed by atoms with van der Waals surface area (Å²) in [5.41, 5.74) is 1.35. The number of benzene rings is 2. The molecule has 2 aliphatic heterocycles. The average Bonchev–Trinajstić information content (AvgIpc) is 3.88. The van der Waals surface area contributed by atoms with E-state index in [1.807, 2.05) is 0 Å². The van der Waals surface area contributed by atoms with Crippen molar-refractivity contribution in [1.82, 2.24) is 30.2 Å². The Kier molecular flexibility index (Phi) is 18.6. The molecular formula is C38H39Cl5N8O5. The smallest absolute Gasteiger partial charge is 0.335 e. The molecule has 4 N–H and O–H groups in total. The van der Waals surface area contributed by atoms with Crippen LogP contribution in [0.2, 0.25) is 20.1 Å². The summed E-state index contributed by atoms with van der Waals surface area (Å²) < 4.78 is 0. The number of aromatic carboxylic acids is 1. The molecular weight excluding hydrogens is 826 g/mol. The Morgan fingerprint density at radius 2 is 1.25 bits per heavy atom. The van der Waals surface area contributed by atoms with Crippen LogP contribution in [-0.2, 0) is 22.4 Å². The highest BCUT2D eigenvalue weighted by molar-refractivity contribution is 6.34. The van der Waals surface area contributed by atoms with Crippen molar-refractivity contribution in [3.8, 4) is 0 Å². The summed E-state index contributed by atoms with van der Waals surface area (Å²) in [6, 6.07) is 8.88. The minimum atomic E-state index is -1.07. The van der Waals surface area contributed by atoms with Crippen molar-refractivity contribution in [3.05, 3.63) is 129 Å². The Morgan fingerprint density at radius 3 is 1.70 bits per heavy atom. The molecule has 4 heterocycles. The summed E-state index contributed by atoms with van der Waals surface area (Å²) in [5.74, 6) is 0.708. The maximum atomic E-state index is 12.7. The molecule has 2 fully saturated rings. The van der Waals surface area contributed by atoms with Crippen molar-refractivity contribution < 1.29 is 24.3 Å². The van der Waals surface area contributed by atoms with Gasteiger partial charge in [-0.1, -0.05) is 59.6 Å². The van der Waals surface area contributed by atoms with Gasteiger partial charge in [0.25, 0.3) is 5.91 Å². The molecule has 296 valence electrons. The Labute approximate surface area is 350 Å². The minimum Gasteiger partial charge on any atom is -0.478 e. The van der Waals surface area contributed by atoms with E-state index in [0.29, 0.717) is 63.4 Å². The van der Waals surface area contributed by atoms with Gasteiger partial charge in [0.15, 0.2) is 0 Å². The van der Waals surface area contributed by atoms with Gasteiger partial charge in [-0.15, -0.1) is 12.4 Å². The zero-order valence-electron chi connectivity index (χ0n) is 29.9. The highest BCUT2D eigenvalue weighted by atomic mass is 35.5. The van der Waals surface area contributed by atoms with E-state index in [2.05, 4.69) is 49.0 Å². The van der Waals surface area contributed by atoms with E-state index in [1.54, 1.807) is 47.9 Å². The molecule has 6 rings (SSSR count). The summed E-state index contributed by atoms with van der Waals surface area (Å²) in [6.45, 7) is 10.2. The van der Waals surface area contributed by atoms with Crippen LogP contribution in [0.4, 0.5) is 11.4 Å². The second-order valence-electron chi connectivity index (χ2n) is 12.4. The van der Waals surface area contributed by atoms with E-state index >= 15 is 0 Å². The number of anilines is 2. The highest BCUT2D eigenvalue weighted by Crippen LogP contribution is 2.27. The lowest BCUT2D eigenvalue weighted by Gasteiger charge is -2.17. The first-order valence-corrected chi connectivity index (χ1v) is 18.5. The molecule has 0 aliphatic carbocycles. The first-order valence-electron chi connectivity index (χ1n) is 17.0. The fourth-order valence-electron chi connectivity index (χ4n) is 5.53. The molecule has 0 spiro atoms. The van der Waals surface area contributed by atoms with Crippen molar-refractivity contribution in [2.75, 3.05) is 36.8 Å². The lowest BCUT2D eigenvalue weighted by atomic mass is 10.0. The van der Waals surface area contributed by atoms with Crippen LogP contribution in [0.5, 0.6) is 0 Å². The molecule has 2 saturated heterocycles. The van der Waals surface area contributed by atoms with Crippen LogP contribution >= 0.6 is 58.8 Å². The van der Waals surface area contributed by atoms with Crippen molar-refractivity contribution >= 4 is 93.9 Å². The normalized spacial score (nSPS) is 15.5. The summed E-state index contributed by atoms with van der Waals surface area (Å²) in [5, 5.41) is 18.6. The van der Waals surface area contributed by atoms with Crippen molar-refractivity contribution in [2.45, 2.75) is 25.7 Å². The first kappa shape index (κ1) is 45.8. The van der Waals surface area contributed by atoms with E-state index in [4.69, 9.17) is 51.5 Å². The van der Waals surface area contributed by atoms with Crippen molar-refractivity contribution in [3.63, 3.8) is 0 Å². The van der Waals surface area contributed by atoms with E-state index in [1.165, 1.54) is 24.6 Å². The Bertz CT molecular complexity index is 2000. The summed E-state index contributed by atoms with van der Waals surface area (Å²) in [7, 11) is 0. The van der Waals surface area contributed by atoms with E-state index in [9.17, 15) is 19.2 Å². The number of halogens is 5. The van der Waals surface area contributed by atoms with Gasteiger partial charge < -0.3 is 26.0 Å². The molecule has 0 unspecified atom stereocenters. The van der Waals surface area contributed by atoms with Crippen LogP contribution < -0.4 is 16.0 Å². The van der Waals surface area contributed by atoms with Crippen LogP contribution in [0.3, 0.4) is 0 Å². The lowest BCUT2D eigenvalue weighted by Crippen LogP contribution is -2.29. The minimum absolute atomic E-state index is 0. The number of hydrogen-bond acceptors (Lipinski definition) is 9. The molecule has 0 saturated carbocycles. The lowest BCUT2D eigenvalue weighted by molar-refractivity contribution is -0.112. The van der Waals surface area contributed by atoms with Gasteiger partial charge in [-0.2, -0.15) is 0 Å². The predicted molar refractivity (Wildman–Crippen MR) is 221 cm³/mol. The summed E-state index contributed by atoms with van der Waals surface area (Å²) in [6.07, 6.45) is 12.5. The number of amides is 3. The number of nitrogens with one attached hydrogen (secondary N) is 3. The standard InChI is InChI=1S/C19H18Cl2N4O2.C10H8ClNO3.C9H12ClN3.ClH/c1-2-18(26)24-16-4-3-13(8-15(16)21)19(27)25-6-5-12(11-25)7-17-22-9-14(20)10-23-17;1-2-9(13)12-8-4-3-6(10(14)15)5-7(8)11;10-8-5-12-9(13-6-8)3-7-1-2-11-4-7;/h2-4,8-10,12H,1,5-7,11H2,(H,24,26);2-5H,1H2,(H,12,13)(H,14,15);5-7,11H,1-4H2;1H/t12-;;7-;/m0.0./s1. The van der Waals surface area contributed by atoms with Gasteiger partial charge in [-0.05, 0) is 86.3 Å². The van der Waals surface area contributed by atoms with E-state index < -0.39 is 11.9 Å². The second kappa shape index (κ2) is 22.8. The molecule has 0 bridgehead atoms. The second-order valence-corrected chi connectivity index (χ2v) is 14.1. The maximum Gasteiger partial charge on any atom is 0.335 e. The molecule has 2 aliphatic rings. The van der Waals surface area contributed by atoms with Gasteiger partial charge in [0.2, 0.25) is 11.8 Å². The van der Waals surface area contributed by atoms with Crippen LogP contribution in [0.15, 0.2) is 86.5 Å². The quantitative estimate of drug-likeness (QED) is 0.117. The maximum absolute atomic E-state index is 12.7. The van der Waals surface area contributed by atoms with Gasteiger partial charge in [0.05, 0.1) is 37.0 Å². The zero-order valence-corrected chi connectivity index (χ0v) is 33.7. The molecule has 2 atom stereocenters. The molecule has 2 aromatic heterocycles. The topological polar surface area (TPSA) is 179 Å². The largest absolute Gasteiger partial charge is 0.478 e. The van der Waals surface area contributed by atoms with Crippen LogP contribution in [-0.4, -0.2) is 79.8 Å². The fourth-order valence-corrected chi connectivity index (χ4v) is 6.18. The van der Waals surface area contributed by atoms with Crippen molar-refractivity contribution in [1.29, 1.82) is 0 Å². The fraction of sp³-hybridized carbons (Fsp3) is 0.263. The summed E-state index contributed by atoms with van der Waals surface area (Å²) >= 11 is 23.4. The van der Waals surface area contributed by atoms with Gasteiger partial charge in [0.1, 0.15) is 11.6 Å². The summed E-state index contributed by atoms with van der Waals surface area (Å²) in [4.78, 5) is 64.2. The molecule has 0 radical (unpaired) electrons. The zero-order chi connectivity index (χ0) is 39.9. The Morgan fingerprint density at radius 1 is 0.768 bits per heavy atom.